The van der Waals surface area contributed by atoms with E-state index in [4.69, 9.17) is 4.74 Å². The van der Waals surface area contributed by atoms with Gasteiger partial charge in [-0.1, -0.05) is 54.1 Å². The molecule has 0 radical (unpaired) electrons. The maximum atomic E-state index is 14.7. The molecule has 0 saturated heterocycles. The molecule has 0 aliphatic rings. The van der Waals surface area contributed by atoms with E-state index < -0.39 is 5.82 Å². The summed E-state index contributed by atoms with van der Waals surface area (Å²) in [6.07, 6.45) is 0. The minimum atomic E-state index is -0.505. The summed E-state index contributed by atoms with van der Waals surface area (Å²) in [5, 5.41) is 0.696. The fourth-order valence-electron chi connectivity index (χ4n) is 4.26. The molecule has 0 unspecified atom stereocenters. The maximum absolute atomic E-state index is 14.7. The number of aryl methyl sites for hydroxylation is 2. The van der Waals surface area contributed by atoms with E-state index in [-0.39, 0.29) is 10.9 Å². The zero-order chi connectivity index (χ0) is 23.7. The molecule has 168 valence electrons. The molecule has 5 aromatic rings. The number of benzene rings is 4. The minimum Gasteiger partial charge on any atom is -0.457 e. The molecule has 5 rings (SSSR count). The molecule has 0 N–H and O–H groups in total. The molecule has 0 spiro atoms. The molecule has 4 heteroatoms. The second kappa shape index (κ2) is 8.99. The van der Waals surface area contributed by atoms with Gasteiger partial charge in [0.25, 0.3) is 5.56 Å². The predicted octanol–water partition coefficient (Wildman–Crippen LogP) is 7.27. The van der Waals surface area contributed by atoms with Gasteiger partial charge in [-0.2, -0.15) is 0 Å². The number of aromatic nitrogens is 1. The zero-order valence-electron chi connectivity index (χ0n) is 19.1. The summed E-state index contributed by atoms with van der Waals surface area (Å²) in [6, 6.07) is 30.0. The van der Waals surface area contributed by atoms with E-state index in [0.29, 0.717) is 17.7 Å². The van der Waals surface area contributed by atoms with Gasteiger partial charge in [-0.3, -0.25) is 4.79 Å². The summed E-state index contributed by atoms with van der Waals surface area (Å²) in [5.74, 6) is 0.947. The lowest BCUT2D eigenvalue weighted by molar-refractivity contribution is 0.483. The van der Waals surface area contributed by atoms with Crippen molar-refractivity contribution in [3.63, 3.8) is 0 Å². The van der Waals surface area contributed by atoms with E-state index in [1.54, 1.807) is 16.7 Å². The normalized spacial score (nSPS) is 11.0. The van der Waals surface area contributed by atoms with Crippen LogP contribution >= 0.6 is 0 Å². The second-order valence-electron chi connectivity index (χ2n) is 8.49. The lowest BCUT2D eigenvalue weighted by Crippen LogP contribution is -2.23. The number of rotatable bonds is 5. The number of halogens is 1. The first kappa shape index (κ1) is 21.7. The Hall–Kier alpha value is -4.18. The Morgan fingerprint density at radius 1 is 0.794 bits per heavy atom. The number of ether oxygens (including phenoxy) is 1. The average molecular weight is 450 g/mol. The summed E-state index contributed by atoms with van der Waals surface area (Å²) in [4.78, 5) is 13.5. The Morgan fingerprint density at radius 2 is 1.53 bits per heavy atom. The second-order valence-corrected chi connectivity index (χ2v) is 8.49. The standard InChI is InChI=1S/C30H24FNO2/c1-20-11-12-24(21(2)17-20)19-32-28(18-23-7-6-10-27(31)29(23)30(32)33)22-13-15-26(16-14-22)34-25-8-4-3-5-9-25/h3-18H,19H2,1-2H3. The molecule has 34 heavy (non-hydrogen) atoms. The maximum Gasteiger partial charge on any atom is 0.262 e. The summed E-state index contributed by atoms with van der Waals surface area (Å²) in [7, 11) is 0. The van der Waals surface area contributed by atoms with Crippen LogP contribution in [0, 0.1) is 19.7 Å². The van der Waals surface area contributed by atoms with Crippen LogP contribution in [0.5, 0.6) is 11.5 Å². The van der Waals surface area contributed by atoms with Gasteiger partial charge in [-0.15, -0.1) is 0 Å². The Labute approximate surface area is 197 Å². The third-order valence-electron chi connectivity index (χ3n) is 6.04. The highest BCUT2D eigenvalue weighted by atomic mass is 19.1. The van der Waals surface area contributed by atoms with Crippen molar-refractivity contribution in [1.29, 1.82) is 0 Å². The molecule has 0 amide bonds. The molecular weight excluding hydrogens is 425 g/mol. The van der Waals surface area contributed by atoms with Gasteiger partial charge in [0.15, 0.2) is 0 Å². The smallest absolute Gasteiger partial charge is 0.262 e. The molecule has 1 heterocycles. The van der Waals surface area contributed by atoms with Crippen LogP contribution in [0.15, 0.2) is 102 Å². The number of hydrogen-bond acceptors (Lipinski definition) is 2. The Kier molecular flexibility index (Phi) is 5.72. The number of para-hydroxylation sites is 1. The molecule has 0 aliphatic carbocycles. The lowest BCUT2D eigenvalue weighted by atomic mass is 10.0. The fourth-order valence-corrected chi connectivity index (χ4v) is 4.26. The first-order valence-corrected chi connectivity index (χ1v) is 11.2. The van der Waals surface area contributed by atoms with Crippen LogP contribution in [0.3, 0.4) is 0 Å². The molecule has 0 fully saturated rings. The van der Waals surface area contributed by atoms with Crippen molar-refractivity contribution in [2.75, 3.05) is 0 Å². The van der Waals surface area contributed by atoms with Gasteiger partial charge in [0.2, 0.25) is 0 Å². The number of nitrogens with zero attached hydrogens (tertiary/aromatic N) is 1. The van der Waals surface area contributed by atoms with E-state index >= 15 is 0 Å². The SMILES string of the molecule is Cc1ccc(Cn2c(-c3ccc(Oc4ccccc4)cc3)cc3cccc(F)c3c2=O)c(C)c1. The van der Waals surface area contributed by atoms with E-state index in [9.17, 15) is 9.18 Å². The van der Waals surface area contributed by atoms with Gasteiger partial charge in [0, 0.05) is 0 Å². The highest BCUT2D eigenvalue weighted by molar-refractivity contribution is 5.86. The third kappa shape index (κ3) is 4.23. The monoisotopic (exact) mass is 449 g/mol. The topological polar surface area (TPSA) is 31.2 Å². The number of fused-ring (bicyclic) bond motifs is 1. The van der Waals surface area contributed by atoms with Crippen LogP contribution < -0.4 is 10.3 Å². The first-order valence-electron chi connectivity index (χ1n) is 11.2. The van der Waals surface area contributed by atoms with Gasteiger partial charge in [0.1, 0.15) is 17.3 Å². The lowest BCUT2D eigenvalue weighted by Gasteiger charge is -2.17. The van der Waals surface area contributed by atoms with E-state index in [2.05, 4.69) is 6.07 Å². The quantitative estimate of drug-likeness (QED) is 0.283. The predicted molar refractivity (Wildman–Crippen MR) is 135 cm³/mol. The van der Waals surface area contributed by atoms with Gasteiger partial charge in [-0.05, 0) is 84.5 Å². The Bertz CT molecular complexity index is 1540. The summed E-state index contributed by atoms with van der Waals surface area (Å²) in [5.41, 5.74) is 4.53. The van der Waals surface area contributed by atoms with Crippen LogP contribution in [0.4, 0.5) is 4.39 Å². The van der Waals surface area contributed by atoms with Crippen LogP contribution in [-0.4, -0.2) is 4.57 Å². The Morgan fingerprint density at radius 3 is 2.26 bits per heavy atom. The molecule has 1 aromatic heterocycles. The summed E-state index contributed by atoms with van der Waals surface area (Å²) >= 11 is 0. The fraction of sp³-hybridized carbons (Fsp3) is 0.100. The van der Waals surface area contributed by atoms with Crippen molar-refractivity contribution in [3.8, 4) is 22.8 Å². The number of pyridine rings is 1. The number of hydrogen-bond donors (Lipinski definition) is 0. The van der Waals surface area contributed by atoms with E-state index in [1.807, 2.05) is 86.6 Å². The van der Waals surface area contributed by atoms with Crippen molar-refractivity contribution in [3.05, 3.63) is 130 Å². The molecule has 0 aliphatic heterocycles. The van der Waals surface area contributed by atoms with E-state index in [0.717, 1.165) is 33.7 Å². The average Bonchev–Trinajstić information content (AvgIpc) is 2.83. The summed E-state index contributed by atoms with van der Waals surface area (Å²) in [6.45, 7) is 4.43. The first-order chi connectivity index (χ1) is 16.5. The van der Waals surface area contributed by atoms with Gasteiger partial charge in [-0.25, -0.2) is 4.39 Å². The molecular formula is C30H24FNO2. The zero-order valence-corrected chi connectivity index (χ0v) is 19.1. The molecule has 0 bridgehead atoms. The van der Waals surface area contributed by atoms with Crippen molar-refractivity contribution < 1.29 is 9.13 Å². The highest BCUT2D eigenvalue weighted by Gasteiger charge is 2.15. The van der Waals surface area contributed by atoms with Crippen LogP contribution in [0.25, 0.3) is 22.0 Å². The third-order valence-corrected chi connectivity index (χ3v) is 6.04. The van der Waals surface area contributed by atoms with Crippen molar-refractivity contribution in [1.82, 2.24) is 4.57 Å². The molecule has 3 nitrogen and oxygen atoms in total. The van der Waals surface area contributed by atoms with Gasteiger partial charge in [0.05, 0.1) is 17.6 Å². The summed E-state index contributed by atoms with van der Waals surface area (Å²) < 4.78 is 22.2. The molecule has 0 atom stereocenters. The van der Waals surface area contributed by atoms with Crippen LogP contribution in [-0.2, 0) is 6.54 Å². The molecule has 4 aromatic carbocycles. The van der Waals surface area contributed by atoms with Gasteiger partial charge >= 0.3 is 0 Å². The van der Waals surface area contributed by atoms with Crippen LogP contribution in [0.2, 0.25) is 0 Å². The van der Waals surface area contributed by atoms with E-state index in [1.165, 1.54) is 6.07 Å². The van der Waals surface area contributed by atoms with Crippen molar-refractivity contribution >= 4 is 10.8 Å². The highest BCUT2D eigenvalue weighted by Crippen LogP contribution is 2.28. The Balaban J connectivity index is 1.62. The van der Waals surface area contributed by atoms with Crippen molar-refractivity contribution in [2.24, 2.45) is 0 Å². The molecule has 0 saturated carbocycles. The van der Waals surface area contributed by atoms with Crippen molar-refractivity contribution in [2.45, 2.75) is 20.4 Å². The largest absolute Gasteiger partial charge is 0.457 e. The minimum absolute atomic E-state index is 0.111. The van der Waals surface area contributed by atoms with Gasteiger partial charge < -0.3 is 9.30 Å². The van der Waals surface area contributed by atoms with Crippen LogP contribution in [0.1, 0.15) is 16.7 Å².